The summed E-state index contributed by atoms with van der Waals surface area (Å²) >= 11 is 0. The Kier molecular flexibility index (Phi) is 5.21. The van der Waals surface area contributed by atoms with E-state index < -0.39 is 0 Å². The number of methoxy groups -OCH3 is 1. The van der Waals surface area contributed by atoms with Crippen LogP contribution in [-0.2, 0) is 4.74 Å². The van der Waals surface area contributed by atoms with Crippen LogP contribution in [0, 0.1) is 0 Å². The molecule has 0 unspecified atom stereocenters. The van der Waals surface area contributed by atoms with Gasteiger partial charge in [0.05, 0.1) is 25.8 Å². The molecule has 104 valence electrons. The Balaban J connectivity index is 1.73. The number of hydrogen-bond acceptors (Lipinski definition) is 3. The summed E-state index contributed by atoms with van der Waals surface area (Å²) in [5, 5.41) is 0. The van der Waals surface area contributed by atoms with Crippen LogP contribution in [0.15, 0.2) is 24.3 Å². The van der Waals surface area contributed by atoms with Crippen LogP contribution in [0.4, 0.5) is 0 Å². The molecule has 0 aromatic heterocycles. The quantitative estimate of drug-likeness (QED) is 0.804. The number of esters is 1. The van der Waals surface area contributed by atoms with Crippen LogP contribution in [0.5, 0.6) is 5.75 Å². The van der Waals surface area contributed by atoms with Crippen LogP contribution in [0.3, 0.4) is 0 Å². The van der Waals surface area contributed by atoms with E-state index in [4.69, 9.17) is 9.47 Å². The average Bonchev–Trinajstić information content (AvgIpc) is 2.48. The van der Waals surface area contributed by atoms with E-state index in [0.717, 1.165) is 12.3 Å². The van der Waals surface area contributed by atoms with Gasteiger partial charge in [0.1, 0.15) is 18.9 Å². The summed E-state index contributed by atoms with van der Waals surface area (Å²) in [6.07, 6.45) is 3.93. The van der Waals surface area contributed by atoms with Crippen molar-refractivity contribution in [2.45, 2.75) is 19.3 Å². The molecule has 0 spiro atoms. The van der Waals surface area contributed by atoms with Crippen molar-refractivity contribution in [2.24, 2.45) is 0 Å². The van der Waals surface area contributed by atoms with Crippen LogP contribution in [-0.4, -0.2) is 39.3 Å². The molecule has 1 aromatic rings. The standard InChI is InChI=1S/C15H21NO3/c1-18-14-7-5-13(6-8-14)15(17)19-12-11-16-9-3-2-4-10-16/h5-8H,2-4,9-12H2,1H3/p+1. The van der Waals surface area contributed by atoms with Gasteiger partial charge < -0.3 is 14.4 Å². The number of hydrogen-bond donors (Lipinski definition) is 1. The number of benzene rings is 1. The van der Waals surface area contributed by atoms with E-state index in [2.05, 4.69) is 0 Å². The second kappa shape index (κ2) is 7.14. The van der Waals surface area contributed by atoms with Crippen LogP contribution in [0.1, 0.15) is 29.6 Å². The Morgan fingerprint density at radius 2 is 1.84 bits per heavy atom. The molecule has 0 saturated carbocycles. The highest BCUT2D eigenvalue weighted by Crippen LogP contribution is 2.11. The second-order valence-corrected chi connectivity index (χ2v) is 4.93. The lowest BCUT2D eigenvalue weighted by Crippen LogP contribution is -3.13. The molecular weight excluding hydrogens is 242 g/mol. The van der Waals surface area contributed by atoms with Crippen molar-refractivity contribution >= 4 is 5.97 Å². The number of piperidine rings is 1. The summed E-state index contributed by atoms with van der Waals surface area (Å²) in [6, 6.07) is 7.00. The number of nitrogens with one attached hydrogen (secondary N) is 1. The summed E-state index contributed by atoms with van der Waals surface area (Å²) < 4.78 is 10.4. The first kappa shape index (κ1) is 13.9. The fourth-order valence-electron chi connectivity index (χ4n) is 2.40. The summed E-state index contributed by atoms with van der Waals surface area (Å²) in [5.74, 6) is 0.494. The molecule has 1 N–H and O–H groups in total. The largest absolute Gasteiger partial charge is 0.497 e. The zero-order valence-corrected chi connectivity index (χ0v) is 11.5. The number of ether oxygens (including phenoxy) is 2. The molecule has 19 heavy (non-hydrogen) atoms. The van der Waals surface area contributed by atoms with Crippen molar-refractivity contribution in [1.29, 1.82) is 0 Å². The van der Waals surface area contributed by atoms with Crippen LogP contribution in [0.25, 0.3) is 0 Å². The van der Waals surface area contributed by atoms with Crippen molar-refractivity contribution in [3.8, 4) is 5.75 Å². The van der Waals surface area contributed by atoms with Crippen LogP contribution >= 0.6 is 0 Å². The lowest BCUT2D eigenvalue weighted by Gasteiger charge is -2.23. The molecule has 0 atom stereocenters. The molecule has 1 heterocycles. The van der Waals surface area contributed by atoms with Gasteiger partial charge in [0.25, 0.3) is 0 Å². The topological polar surface area (TPSA) is 40.0 Å². The Labute approximate surface area is 114 Å². The maximum absolute atomic E-state index is 11.8. The van der Waals surface area contributed by atoms with E-state index >= 15 is 0 Å². The third-order valence-electron chi connectivity index (χ3n) is 3.58. The summed E-state index contributed by atoms with van der Waals surface area (Å²) in [5.41, 5.74) is 0.578. The van der Waals surface area contributed by atoms with Gasteiger partial charge in [-0.3, -0.25) is 0 Å². The molecule has 4 heteroatoms. The molecule has 1 aliphatic rings. The maximum Gasteiger partial charge on any atom is 0.338 e. The van der Waals surface area contributed by atoms with E-state index in [-0.39, 0.29) is 5.97 Å². The number of carbonyl (C=O) groups excluding carboxylic acids is 1. The predicted molar refractivity (Wildman–Crippen MR) is 72.7 cm³/mol. The summed E-state index contributed by atoms with van der Waals surface area (Å²) in [4.78, 5) is 13.4. The molecule has 1 fully saturated rings. The normalized spacial score (nSPS) is 16.1. The molecule has 1 aromatic carbocycles. The Hall–Kier alpha value is -1.55. The van der Waals surface area contributed by atoms with Crippen molar-refractivity contribution in [2.75, 3.05) is 33.4 Å². The van der Waals surface area contributed by atoms with E-state index in [0.29, 0.717) is 12.2 Å². The molecule has 1 aliphatic heterocycles. The molecule has 1 saturated heterocycles. The SMILES string of the molecule is COc1ccc(C(=O)OCC[NH+]2CCCCC2)cc1. The van der Waals surface area contributed by atoms with Gasteiger partial charge >= 0.3 is 5.97 Å². The maximum atomic E-state index is 11.8. The van der Waals surface area contributed by atoms with Crippen LogP contribution in [0.2, 0.25) is 0 Å². The molecule has 2 rings (SSSR count). The number of carbonyl (C=O) groups is 1. The molecule has 0 amide bonds. The molecule has 0 bridgehead atoms. The van der Waals surface area contributed by atoms with Crippen molar-refractivity contribution in [3.05, 3.63) is 29.8 Å². The zero-order chi connectivity index (χ0) is 13.5. The minimum absolute atomic E-state index is 0.251. The third kappa shape index (κ3) is 4.24. The van der Waals surface area contributed by atoms with E-state index in [9.17, 15) is 4.79 Å². The Bertz CT molecular complexity index is 396. The van der Waals surface area contributed by atoms with Crippen molar-refractivity contribution < 1.29 is 19.2 Å². The highest BCUT2D eigenvalue weighted by atomic mass is 16.5. The lowest BCUT2D eigenvalue weighted by molar-refractivity contribution is -0.905. The van der Waals surface area contributed by atoms with Gasteiger partial charge in [-0.05, 0) is 43.5 Å². The minimum Gasteiger partial charge on any atom is -0.497 e. The van der Waals surface area contributed by atoms with Crippen LogP contribution < -0.4 is 9.64 Å². The Morgan fingerprint density at radius 1 is 1.16 bits per heavy atom. The lowest BCUT2D eigenvalue weighted by atomic mass is 10.1. The van der Waals surface area contributed by atoms with Gasteiger partial charge in [-0.15, -0.1) is 0 Å². The smallest absolute Gasteiger partial charge is 0.338 e. The first-order valence-corrected chi connectivity index (χ1v) is 6.94. The van der Waals surface area contributed by atoms with Crippen molar-refractivity contribution in [3.63, 3.8) is 0 Å². The third-order valence-corrected chi connectivity index (χ3v) is 3.58. The van der Waals surface area contributed by atoms with E-state index in [1.54, 1.807) is 36.3 Å². The molecule has 4 nitrogen and oxygen atoms in total. The predicted octanol–water partition coefficient (Wildman–Crippen LogP) is 0.921. The van der Waals surface area contributed by atoms with Gasteiger partial charge in [-0.1, -0.05) is 0 Å². The van der Waals surface area contributed by atoms with Gasteiger partial charge in [-0.25, -0.2) is 4.79 Å². The fraction of sp³-hybridized carbons (Fsp3) is 0.533. The summed E-state index contributed by atoms with van der Waals surface area (Å²) in [6.45, 7) is 3.84. The second-order valence-electron chi connectivity index (χ2n) is 4.93. The van der Waals surface area contributed by atoms with Gasteiger partial charge in [0.15, 0.2) is 0 Å². The zero-order valence-electron chi connectivity index (χ0n) is 11.5. The van der Waals surface area contributed by atoms with Gasteiger partial charge in [-0.2, -0.15) is 0 Å². The molecule has 0 radical (unpaired) electrons. The van der Waals surface area contributed by atoms with Gasteiger partial charge in [0, 0.05) is 0 Å². The average molecular weight is 264 g/mol. The van der Waals surface area contributed by atoms with E-state index in [1.165, 1.54) is 32.4 Å². The highest BCUT2D eigenvalue weighted by molar-refractivity contribution is 5.89. The monoisotopic (exact) mass is 264 g/mol. The number of likely N-dealkylation sites (tertiary alicyclic amines) is 1. The van der Waals surface area contributed by atoms with E-state index in [1.807, 2.05) is 0 Å². The minimum atomic E-state index is -0.251. The van der Waals surface area contributed by atoms with Gasteiger partial charge in [0.2, 0.25) is 0 Å². The molecule has 0 aliphatic carbocycles. The first-order chi connectivity index (χ1) is 9.29. The fourth-order valence-corrected chi connectivity index (χ4v) is 2.40. The van der Waals surface area contributed by atoms with Crippen molar-refractivity contribution in [1.82, 2.24) is 0 Å². The Morgan fingerprint density at radius 3 is 2.47 bits per heavy atom. The number of rotatable bonds is 5. The summed E-state index contributed by atoms with van der Waals surface area (Å²) in [7, 11) is 1.61. The number of quaternary nitrogens is 1. The highest BCUT2D eigenvalue weighted by Gasteiger charge is 2.14. The first-order valence-electron chi connectivity index (χ1n) is 6.94. The molecular formula is C15H22NO3+.